The quantitative estimate of drug-likeness (QED) is 0.397. The van der Waals surface area contributed by atoms with Gasteiger partial charge in [-0.2, -0.15) is 0 Å². The standard InChI is InChI=1S/C15H29N2Se/c1-3-5-12-17(13-6-4-2)15(18)16-14-10-8-7-9-11-14/h14H,3-13H2,1-2H3. The van der Waals surface area contributed by atoms with Gasteiger partial charge in [0.15, 0.2) is 0 Å². The average Bonchev–Trinajstić information content (AvgIpc) is 2.40. The van der Waals surface area contributed by atoms with Crippen LogP contribution in [0.3, 0.4) is 0 Å². The van der Waals surface area contributed by atoms with Crippen LogP contribution < -0.4 is 0 Å². The zero-order chi connectivity index (χ0) is 13.2. The van der Waals surface area contributed by atoms with Gasteiger partial charge < -0.3 is 0 Å². The molecule has 1 rings (SSSR count). The summed E-state index contributed by atoms with van der Waals surface area (Å²) in [6, 6.07) is 0.584. The molecule has 18 heavy (non-hydrogen) atoms. The van der Waals surface area contributed by atoms with Crippen molar-refractivity contribution >= 4 is 20.7 Å². The second-order valence-electron chi connectivity index (χ2n) is 5.40. The minimum absolute atomic E-state index is 0.584. The molecule has 0 atom stereocenters. The third kappa shape index (κ3) is 6.24. The molecule has 1 radical (unpaired) electrons. The van der Waals surface area contributed by atoms with Crippen molar-refractivity contribution in [2.75, 3.05) is 13.1 Å². The maximum atomic E-state index is 4.93. The molecule has 1 aliphatic carbocycles. The summed E-state index contributed by atoms with van der Waals surface area (Å²) in [5.41, 5.74) is 0. The van der Waals surface area contributed by atoms with Crippen molar-refractivity contribution in [1.82, 2.24) is 4.90 Å². The van der Waals surface area contributed by atoms with Gasteiger partial charge in [0.2, 0.25) is 0 Å². The monoisotopic (exact) mass is 317 g/mol. The molecule has 1 aliphatic rings. The van der Waals surface area contributed by atoms with Crippen molar-refractivity contribution in [3.8, 4) is 0 Å². The van der Waals surface area contributed by atoms with E-state index in [2.05, 4.69) is 34.8 Å². The van der Waals surface area contributed by atoms with Crippen LogP contribution in [0.15, 0.2) is 4.99 Å². The van der Waals surface area contributed by atoms with Gasteiger partial charge >= 0.3 is 121 Å². The first kappa shape index (κ1) is 16.0. The summed E-state index contributed by atoms with van der Waals surface area (Å²) < 4.78 is 1.17. The maximum absolute atomic E-state index is 4.93. The first-order chi connectivity index (χ1) is 8.77. The molecule has 0 N–H and O–H groups in total. The van der Waals surface area contributed by atoms with Crippen molar-refractivity contribution in [3.05, 3.63) is 0 Å². The van der Waals surface area contributed by atoms with E-state index in [9.17, 15) is 0 Å². The van der Waals surface area contributed by atoms with Crippen molar-refractivity contribution in [1.29, 1.82) is 0 Å². The van der Waals surface area contributed by atoms with E-state index in [0.717, 1.165) is 13.1 Å². The van der Waals surface area contributed by atoms with Crippen LogP contribution in [-0.2, 0) is 0 Å². The molecule has 0 amide bonds. The van der Waals surface area contributed by atoms with Gasteiger partial charge in [-0.25, -0.2) is 0 Å². The van der Waals surface area contributed by atoms with Gasteiger partial charge in [-0.1, -0.05) is 0 Å². The summed E-state index contributed by atoms with van der Waals surface area (Å²) in [7, 11) is 0. The summed E-state index contributed by atoms with van der Waals surface area (Å²) in [6.07, 6.45) is 11.8. The van der Waals surface area contributed by atoms with E-state index in [1.54, 1.807) is 0 Å². The zero-order valence-electron chi connectivity index (χ0n) is 12.2. The molecule has 105 valence electrons. The van der Waals surface area contributed by atoms with E-state index in [1.165, 1.54) is 62.5 Å². The minimum atomic E-state index is 0.584. The SMILES string of the molecule is CCCCN(CCCC)C([Se])=NC1CCCCC1. The number of hydrogen-bond donors (Lipinski definition) is 0. The molecule has 1 fully saturated rings. The van der Waals surface area contributed by atoms with E-state index >= 15 is 0 Å². The van der Waals surface area contributed by atoms with Gasteiger partial charge in [0, 0.05) is 0 Å². The number of unbranched alkanes of at least 4 members (excludes halogenated alkanes) is 2. The summed E-state index contributed by atoms with van der Waals surface area (Å²) in [5.74, 6) is 0. The van der Waals surface area contributed by atoms with Crippen LogP contribution in [0.25, 0.3) is 0 Å². The Hall–Kier alpha value is -0.0105. The Morgan fingerprint density at radius 1 is 1.06 bits per heavy atom. The molecule has 0 aromatic heterocycles. The van der Waals surface area contributed by atoms with Crippen molar-refractivity contribution in [2.45, 2.75) is 77.7 Å². The summed E-state index contributed by atoms with van der Waals surface area (Å²) in [4.78, 5) is 7.39. The van der Waals surface area contributed by atoms with Crippen LogP contribution in [0.1, 0.15) is 71.6 Å². The van der Waals surface area contributed by atoms with Crippen LogP contribution in [0.2, 0.25) is 0 Å². The van der Waals surface area contributed by atoms with Crippen molar-refractivity contribution in [2.24, 2.45) is 4.99 Å². The van der Waals surface area contributed by atoms with Crippen LogP contribution in [0.4, 0.5) is 0 Å². The van der Waals surface area contributed by atoms with E-state index in [1.807, 2.05) is 0 Å². The number of nitrogens with zero attached hydrogens (tertiary/aromatic N) is 2. The molecule has 0 spiro atoms. The Morgan fingerprint density at radius 3 is 2.11 bits per heavy atom. The van der Waals surface area contributed by atoms with E-state index in [-0.39, 0.29) is 0 Å². The second-order valence-corrected chi connectivity index (χ2v) is 6.16. The van der Waals surface area contributed by atoms with Gasteiger partial charge in [-0.15, -0.1) is 0 Å². The molecular weight excluding hydrogens is 287 g/mol. The molecule has 0 bridgehead atoms. The molecule has 0 saturated heterocycles. The Morgan fingerprint density at radius 2 is 1.61 bits per heavy atom. The van der Waals surface area contributed by atoms with E-state index in [0.29, 0.717) is 6.04 Å². The van der Waals surface area contributed by atoms with Gasteiger partial charge in [0.05, 0.1) is 0 Å². The topological polar surface area (TPSA) is 15.6 Å². The average molecular weight is 316 g/mol. The number of rotatable bonds is 7. The number of aliphatic imine (C=N–C) groups is 1. The zero-order valence-corrected chi connectivity index (χ0v) is 13.9. The molecule has 3 heteroatoms. The molecule has 2 nitrogen and oxygen atoms in total. The van der Waals surface area contributed by atoms with Gasteiger partial charge in [0.25, 0.3) is 0 Å². The molecule has 0 heterocycles. The van der Waals surface area contributed by atoms with Crippen molar-refractivity contribution < 1.29 is 0 Å². The third-order valence-electron chi connectivity index (χ3n) is 3.70. The van der Waals surface area contributed by atoms with Crippen LogP contribution in [0, 0.1) is 0 Å². The fourth-order valence-electron chi connectivity index (χ4n) is 2.45. The predicted octanol–water partition coefficient (Wildman–Crippen LogP) is 3.75. The molecule has 0 aliphatic heterocycles. The van der Waals surface area contributed by atoms with Gasteiger partial charge in [0.1, 0.15) is 0 Å². The molecule has 0 aromatic rings. The molecular formula is C15H29N2Se. The first-order valence-corrected chi connectivity index (χ1v) is 8.63. The fraction of sp³-hybridized carbons (Fsp3) is 0.933. The number of amidine groups is 1. The molecule has 0 aromatic carbocycles. The Kier molecular flexibility index (Phi) is 8.79. The Labute approximate surface area is 121 Å². The van der Waals surface area contributed by atoms with Gasteiger partial charge in [-0.3, -0.25) is 0 Å². The first-order valence-electron chi connectivity index (χ1n) is 7.77. The van der Waals surface area contributed by atoms with Crippen molar-refractivity contribution in [3.63, 3.8) is 0 Å². The van der Waals surface area contributed by atoms with E-state index in [4.69, 9.17) is 4.99 Å². The Bertz CT molecular complexity index is 227. The second kappa shape index (κ2) is 9.86. The fourth-order valence-corrected chi connectivity index (χ4v) is 3.14. The van der Waals surface area contributed by atoms with E-state index < -0.39 is 0 Å². The van der Waals surface area contributed by atoms with Crippen LogP contribution in [0.5, 0.6) is 0 Å². The summed E-state index contributed by atoms with van der Waals surface area (Å²) in [5, 5.41) is 0. The van der Waals surface area contributed by atoms with Gasteiger partial charge in [-0.05, 0) is 0 Å². The molecule has 0 unspecified atom stereocenters. The summed E-state index contributed by atoms with van der Waals surface area (Å²) in [6.45, 7) is 6.84. The number of hydrogen-bond acceptors (Lipinski definition) is 1. The van der Waals surface area contributed by atoms with Crippen LogP contribution >= 0.6 is 0 Å². The predicted molar refractivity (Wildman–Crippen MR) is 81.5 cm³/mol. The third-order valence-corrected chi connectivity index (χ3v) is 4.46. The van der Waals surface area contributed by atoms with Crippen LogP contribution in [-0.4, -0.2) is 44.8 Å². The molecule has 1 saturated carbocycles. The normalized spacial score (nSPS) is 18.0. The Balaban J connectivity index is 2.48. The summed E-state index contributed by atoms with van der Waals surface area (Å²) >= 11 is 3.22.